The summed E-state index contributed by atoms with van der Waals surface area (Å²) in [5, 5.41) is 0. The fraction of sp³-hybridized carbons (Fsp3) is 0.500. The summed E-state index contributed by atoms with van der Waals surface area (Å²) in [6.07, 6.45) is 3.70. The molecular weight excluding hydrogens is 318 g/mol. The van der Waals surface area contributed by atoms with Gasteiger partial charge in [0.2, 0.25) is 5.91 Å². The molecule has 1 heterocycles. The minimum atomic E-state index is -0.119. The monoisotopic (exact) mass is 335 g/mol. The van der Waals surface area contributed by atoms with Gasteiger partial charge in [0.05, 0.1) is 4.83 Å². The number of ketones is 1. The zero-order chi connectivity index (χ0) is 14.3. The van der Waals surface area contributed by atoms with Crippen LogP contribution in [0.15, 0.2) is 18.2 Å². The lowest BCUT2D eigenvalue weighted by Gasteiger charge is -2.17. The summed E-state index contributed by atoms with van der Waals surface area (Å²) in [4.78, 5) is 26.2. The number of nitrogens with zero attached hydrogens (tertiary/aromatic N) is 1. The Morgan fingerprint density at radius 3 is 2.80 bits per heavy atom. The average Bonchev–Trinajstić information content (AvgIpc) is 3.24. The zero-order valence-corrected chi connectivity index (χ0v) is 13.1. The van der Waals surface area contributed by atoms with Gasteiger partial charge in [0.1, 0.15) is 0 Å². The summed E-state index contributed by atoms with van der Waals surface area (Å²) in [6.45, 7) is 2.74. The van der Waals surface area contributed by atoms with Gasteiger partial charge in [-0.1, -0.05) is 22.9 Å². The van der Waals surface area contributed by atoms with E-state index >= 15 is 0 Å². The largest absolute Gasteiger partial charge is 0.312 e. The van der Waals surface area contributed by atoms with E-state index in [1.165, 1.54) is 0 Å². The van der Waals surface area contributed by atoms with Gasteiger partial charge in [0, 0.05) is 23.7 Å². The van der Waals surface area contributed by atoms with Crippen LogP contribution in [-0.4, -0.2) is 23.1 Å². The first kappa shape index (κ1) is 13.8. The van der Waals surface area contributed by atoms with Crippen molar-refractivity contribution in [3.63, 3.8) is 0 Å². The van der Waals surface area contributed by atoms with Gasteiger partial charge in [0.25, 0.3) is 0 Å². The van der Waals surface area contributed by atoms with E-state index in [2.05, 4.69) is 15.9 Å². The Morgan fingerprint density at radius 2 is 2.15 bits per heavy atom. The number of benzene rings is 1. The SMILES string of the molecule is CCC(Br)C(=O)c1ccc2c(c1)CCN2C(=O)C1CC1. The Bertz CT molecular complexity index is 566. The smallest absolute Gasteiger partial charge is 0.230 e. The molecular formula is C16H18BrNO2. The van der Waals surface area contributed by atoms with Crippen molar-refractivity contribution < 1.29 is 9.59 Å². The number of carbonyl (C=O) groups excluding carboxylic acids is 2. The number of fused-ring (bicyclic) bond motifs is 1. The van der Waals surface area contributed by atoms with Crippen LogP contribution in [0.2, 0.25) is 0 Å². The third kappa shape index (κ3) is 2.41. The van der Waals surface area contributed by atoms with Crippen molar-refractivity contribution >= 4 is 33.3 Å². The van der Waals surface area contributed by atoms with Gasteiger partial charge in [-0.15, -0.1) is 0 Å². The maximum Gasteiger partial charge on any atom is 0.230 e. The van der Waals surface area contributed by atoms with Gasteiger partial charge in [0.15, 0.2) is 5.78 Å². The molecule has 3 nitrogen and oxygen atoms in total. The van der Waals surface area contributed by atoms with Crippen molar-refractivity contribution in [1.82, 2.24) is 0 Å². The maximum atomic E-state index is 12.2. The van der Waals surface area contributed by atoms with Crippen LogP contribution in [0.5, 0.6) is 0 Å². The van der Waals surface area contributed by atoms with E-state index in [4.69, 9.17) is 0 Å². The normalized spacial score (nSPS) is 18.8. The van der Waals surface area contributed by atoms with Crippen molar-refractivity contribution in [2.45, 2.75) is 37.4 Å². The average molecular weight is 336 g/mol. The molecule has 1 saturated carbocycles. The van der Waals surface area contributed by atoms with E-state index in [0.29, 0.717) is 0 Å². The first-order chi connectivity index (χ1) is 9.61. The number of alkyl halides is 1. The van der Waals surface area contributed by atoms with Gasteiger partial charge in [-0.2, -0.15) is 0 Å². The third-order valence-electron chi connectivity index (χ3n) is 4.10. The summed E-state index contributed by atoms with van der Waals surface area (Å²) in [7, 11) is 0. The Morgan fingerprint density at radius 1 is 1.40 bits per heavy atom. The van der Waals surface area contributed by atoms with Crippen LogP contribution in [0.4, 0.5) is 5.69 Å². The molecule has 2 aliphatic rings. The highest BCUT2D eigenvalue weighted by Crippen LogP contribution is 2.36. The van der Waals surface area contributed by atoms with Crippen molar-refractivity contribution in [3.05, 3.63) is 29.3 Å². The molecule has 1 atom stereocenters. The molecule has 1 fully saturated rings. The Labute approximate surface area is 127 Å². The van der Waals surface area contributed by atoms with Gasteiger partial charge < -0.3 is 4.90 Å². The second-order valence-corrected chi connectivity index (χ2v) is 6.70. The van der Waals surface area contributed by atoms with Crippen LogP contribution >= 0.6 is 15.9 Å². The highest BCUT2D eigenvalue weighted by Gasteiger charge is 2.36. The number of carbonyl (C=O) groups is 2. The highest BCUT2D eigenvalue weighted by atomic mass is 79.9. The second kappa shape index (κ2) is 5.32. The summed E-state index contributed by atoms with van der Waals surface area (Å²) in [6, 6.07) is 5.75. The minimum Gasteiger partial charge on any atom is -0.312 e. The van der Waals surface area contributed by atoms with E-state index in [9.17, 15) is 9.59 Å². The molecule has 4 heteroatoms. The molecule has 3 rings (SSSR count). The van der Waals surface area contributed by atoms with E-state index in [1.807, 2.05) is 30.0 Å². The van der Waals surface area contributed by atoms with Crippen LogP contribution in [0, 0.1) is 5.92 Å². The quantitative estimate of drug-likeness (QED) is 0.625. The van der Waals surface area contributed by atoms with Crippen LogP contribution in [0.3, 0.4) is 0 Å². The summed E-state index contributed by atoms with van der Waals surface area (Å²) < 4.78 is 0. The summed E-state index contributed by atoms with van der Waals surface area (Å²) in [5.41, 5.74) is 2.87. The molecule has 0 saturated heterocycles. The fourth-order valence-corrected chi connectivity index (χ4v) is 2.97. The highest BCUT2D eigenvalue weighted by molar-refractivity contribution is 9.10. The number of Topliss-reactive ketones (excluding diaryl/α,β-unsaturated/α-hetero) is 1. The molecule has 1 unspecified atom stereocenters. The molecule has 106 valence electrons. The first-order valence-corrected chi connectivity index (χ1v) is 8.16. The van der Waals surface area contributed by atoms with Crippen molar-refractivity contribution in [2.75, 3.05) is 11.4 Å². The molecule has 0 spiro atoms. The molecule has 0 radical (unpaired) electrons. The molecule has 1 aromatic rings. The lowest BCUT2D eigenvalue weighted by molar-refractivity contribution is -0.119. The third-order valence-corrected chi connectivity index (χ3v) is 5.16. The topological polar surface area (TPSA) is 37.4 Å². The number of hydrogen-bond donors (Lipinski definition) is 0. The molecule has 1 amide bonds. The Hall–Kier alpha value is -1.16. The van der Waals surface area contributed by atoms with Crippen molar-refractivity contribution in [3.8, 4) is 0 Å². The summed E-state index contributed by atoms with van der Waals surface area (Å²) in [5.74, 6) is 0.631. The number of rotatable bonds is 4. The van der Waals surface area contributed by atoms with Crippen LogP contribution in [0.1, 0.15) is 42.1 Å². The van der Waals surface area contributed by atoms with Gasteiger partial charge in [-0.25, -0.2) is 0 Å². The van der Waals surface area contributed by atoms with Gasteiger partial charge >= 0.3 is 0 Å². The predicted molar refractivity (Wildman–Crippen MR) is 82.6 cm³/mol. The van der Waals surface area contributed by atoms with Gasteiger partial charge in [-0.05, 0) is 49.4 Å². The zero-order valence-electron chi connectivity index (χ0n) is 11.6. The maximum absolute atomic E-state index is 12.2. The lowest BCUT2D eigenvalue weighted by atomic mass is 10.0. The summed E-state index contributed by atoms with van der Waals surface area (Å²) >= 11 is 3.41. The van der Waals surface area contributed by atoms with Crippen molar-refractivity contribution in [1.29, 1.82) is 0 Å². The number of hydrogen-bond acceptors (Lipinski definition) is 2. The molecule has 1 aliphatic heterocycles. The predicted octanol–water partition coefficient (Wildman–Crippen LogP) is 3.34. The van der Waals surface area contributed by atoms with Crippen molar-refractivity contribution in [2.24, 2.45) is 5.92 Å². The minimum absolute atomic E-state index is 0.119. The first-order valence-electron chi connectivity index (χ1n) is 7.24. The molecule has 0 aromatic heterocycles. The van der Waals surface area contributed by atoms with E-state index in [-0.39, 0.29) is 22.4 Å². The second-order valence-electron chi connectivity index (χ2n) is 5.60. The van der Waals surface area contributed by atoms with E-state index < -0.39 is 0 Å². The molecule has 1 aromatic carbocycles. The van der Waals surface area contributed by atoms with Crippen LogP contribution < -0.4 is 4.90 Å². The number of anilines is 1. The molecule has 0 bridgehead atoms. The van der Waals surface area contributed by atoms with E-state index in [1.54, 1.807) is 0 Å². The van der Waals surface area contributed by atoms with Crippen LogP contribution in [0.25, 0.3) is 0 Å². The van der Waals surface area contributed by atoms with E-state index in [0.717, 1.165) is 49.0 Å². The molecule has 0 N–H and O–H groups in total. The number of amides is 1. The fourth-order valence-electron chi connectivity index (χ4n) is 2.70. The van der Waals surface area contributed by atoms with Gasteiger partial charge in [-0.3, -0.25) is 9.59 Å². The Balaban J connectivity index is 1.84. The molecule has 20 heavy (non-hydrogen) atoms. The molecule has 1 aliphatic carbocycles. The lowest BCUT2D eigenvalue weighted by Crippen LogP contribution is -2.30. The Kier molecular flexibility index (Phi) is 3.67. The standard InChI is InChI=1S/C16H18BrNO2/c1-2-13(17)15(19)12-5-6-14-11(9-12)7-8-18(14)16(20)10-3-4-10/h5-6,9-10,13H,2-4,7-8H2,1H3. The van der Waals surface area contributed by atoms with Crippen LogP contribution in [-0.2, 0) is 11.2 Å². The number of halogens is 1.